The highest BCUT2D eigenvalue weighted by Crippen LogP contribution is 2.16. The number of ether oxygens (including phenoxy) is 1. The predicted molar refractivity (Wildman–Crippen MR) is 95.9 cm³/mol. The highest BCUT2D eigenvalue weighted by atomic mass is 32.2. The molecule has 1 aliphatic rings. The van der Waals surface area contributed by atoms with Crippen LogP contribution in [0.2, 0.25) is 0 Å². The standard InChI is InChI=1S/C17H20N2O7S/c1-18(12-7-9-27(23,24)11-12)15(20)10-25-16(21)6-8-19-13-4-2-3-5-14(13)26-17(19)22/h2-5,12H,6-11H2,1H3/t12-/m1/s1. The number of esters is 1. The zero-order valence-electron chi connectivity index (χ0n) is 14.8. The molecule has 1 fully saturated rings. The molecule has 0 radical (unpaired) electrons. The number of amides is 1. The predicted octanol–water partition coefficient (Wildman–Crippen LogP) is 0.173. The van der Waals surface area contributed by atoms with E-state index in [2.05, 4.69) is 0 Å². The number of carbonyl (C=O) groups is 2. The molecule has 10 heteroatoms. The van der Waals surface area contributed by atoms with E-state index in [1.807, 2.05) is 0 Å². The van der Waals surface area contributed by atoms with E-state index in [1.54, 1.807) is 24.3 Å². The number of benzene rings is 1. The number of para-hydroxylation sites is 2. The Hall–Kier alpha value is -2.62. The molecule has 27 heavy (non-hydrogen) atoms. The molecule has 1 aromatic carbocycles. The Bertz CT molecular complexity index is 1020. The fraction of sp³-hybridized carbons (Fsp3) is 0.471. The van der Waals surface area contributed by atoms with Gasteiger partial charge in [-0.3, -0.25) is 14.2 Å². The Kier molecular flexibility index (Phi) is 5.36. The lowest BCUT2D eigenvalue weighted by Crippen LogP contribution is -2.40. The third kappa shape index (κ3) is 4.38. The molecular formula is C17H20N2O7S. The van der Waals surface area contributed by atoms with Crippen molar-refractivity contribution in [1.29, 1.82) is 0 Å². The second-order valence-corrected chi connectivity index (χ2v) is 8.69. The number of nitrogens with zero attached hydrogens (tertiary/aromatic N) is 2. The van der Waals surface area contributed by atoms with Gasteiger partial charge in [0.2, 0.25) is 0 Å². The monoisotopic (exact) mass is 396 g/mol. The van der Waals surface area contributed by atoms with E-state index in [9.17, 15) is 22.8 Å². The van der Waals surface area contributed by atoms with Gasteiger partial charge in [-0.05, 0) is 18.6 Å². The van der Waals surface area contributed by atoms with E-state index >= 15 is 0 Å². The summed E-state index contributed by atoms with van der Waals surface area (Å²) < 4.78 is 34.4. The van der Waals surface area contributed by atoms with Gasteiger partial charge in [-0.15, -0.1) is 0 Å². The highest BCUT2D eigenvalue weighted by Gasteiger charge is 2.32. The SMILES string of the molecule is CN(C(=O)COC(=O)CCn1c(=O)oc2ccccc21)[C@@H]1CCS(=O)(=O)C1. The molecule has 1 saturated heterocycles. The van der Waals surface area contributed by atoms with Crippen LogP contribution in [0.5, 0.6) is 0 Å². The summed E-state index contributed by atoms with van der Waals surface area (Å²) in [5.41, 5.74) is 1.01. The van der Waals surface area contributed by atoms with Crippen LogP contribution in [-0.4, -0.2) is 61.0 Å². The number of rotatable bonds is 6. The number of aryl methyl sites for hydroxylation is 1. The zero-order valence-corrected chi connectivity index (χ0v) is 15.6. The van der Waals surface area contributed by atoms with Crippen LogP contribution in [0.4, 0.5) is 0 Å². The topological polar surface area (TPSA) is 116 Å². The second kappa shape index (κ2) is 7.55. The third-order valence-corrected chi connectivity index (χ3v) is 6.37. The van der Waals surface area contributed by atoms with Crippen molar-refractivity contribution in [2.75, 3.05) is 25.2 Å². The van der Waals surface area contributed by atoms with Crippen molar-refractivity contribution in [2.24, 2.45) is 0 Å². The van der Waals surface area contributed by atoms with Gasteiger partial charge in [-0.25, -0.2) is 13.2 Å². The van der Waals surface area contributed by atoms with Crippen LogP contribution in [-0.2, 0) is 30.7 Å². The van der Waals surface area contributed by atoms with E-state index in [4.69, 9.17) is 9.15 Å². The minimum absolute atomic E-state index is 0.0580. The van der Waals surface area contributed by atoms with Gasteiger partial charge >= 0.3 is 11.7 Å². The first-order valence-electron chi connectivity index (χ1n) is 8.47. The van der Waals surface area contributed by atoms with Gasteiger partial charge < -0.3 is 14.1 Å². The number of hydrogen-bond donors (Lipinski definition) is 0. The molecule has 1 aromatic heterocycles. The van der Waals surface area contributed by atoms with Crippen molar-refractivity contribution in [3.05, 3.63) is 34.8 Å². The fourth-order valence-electron chi connectivity index (χ4n) is 3.03. The Morgan fingerprint density at radius 3 is 2.78 bits per heavy atom. The van der Waals surface area contributed by atoms with Gasteiger partial charge in [0.1, 0.15) is 0 Å². The van der Waals surface area contributed by atoms with E-state index in [0.29, 0.717) is 17.5 Å². The fourth-order valence-corrected chi connectivity index (χ4v) is 4.80. The molecule has 0 unspecified atom stereocenters. The van der Waals surface area contributed by atoms with Crippen LogP contribution in [0, 0.1) is 0 Å². The normalized spacial score (nSPS) is 18.5. The van der Waals surface area contributed by atoms with Gasteiger partial charge in [0.15, 0.2) is 22.0 Å². The zero-order chi connectivity index (χ0) is 19.6. The lowest BCUT2D eigenvalue weighted by atomic mass is 10.2. The van der Waals surface area contributed by atoms with Gasteiger partial charge in [0.05, 0.1) is 23.4 Å². The lowest BCUT2D eigenvalue weighted by Gasteiger charge is -2.23. The van der Waals surface area contributed by atoms with Gasteiger partial charge in [-0.1, -0.05) is 12.1 Å². The minimum Gasteiger partial charge on any atom is -0.456 e. The lowest BCUT2D eigenvalue weighted by molar-refractivity contribution is -0.152. The van der Waals surface area contributed by atoms with Crippen molar-refractivity contribution in [1.82, 2.24) is 9.47 Å². The maximum absolute atomic E-state index is 12.1. The van der Waals surface area contributed by atoms with Crippen LogP contribution in [0.3, 0.4) is 0 Å². The van der Waals surface area contributed by atoms with Crippen molar-refractivity contribution < 1.29 is 27.2 Å². The van der Waals surface area contributed by atoms with Crippen LogP contribution in [0.15, 0.2) is 33.5 Å². The number of sulfone groups is 1. The Labute approximate surface area is 155 Å². The van der Waals surface area contributed by atoms with Gasteiger partial charge in [-0.2, -0.15) is 0 Å². The van der Waals surface area contributed by atoms with E-state index in [-0.39, 0.29) is 24.5 Å². The molecule has 0 aliphatic carbocycles. The average Bonchev–Trinajstić information content (AvgIpc) is 3.15. The van der Waals surface area contributed by atoms with Gasteiger partial charge in [0.25, 0.3) is 5.91 Å². The first-order valence-corrected chi connectivity index (χ1v) is 10.3. The first kappa shape index (κ1) is 19.2. The summed E-state index contributed by atoms with van der Waals surface area (Å²) in [6.07, 6.45) is 0.285. The van der Waals surface area contributed by atoms with Crippen LogP contribution < -0.4 is 5.76 Å². The molecular weight excluding hydrogens is 376 g/mol. The second-order valence-electron chi connectivity index (χ2n) is 6.46. The van der Waals surface area contributed by atoms with Crippen molar-refractivity contribution in [3.8, 4) is 0 Å². The molecule has 0 bridgehead atoms. The Morgan fingerprint density at radius 2 is 2.07 bits per heavy atom. The average molecular weight is 396 g/mol. The smallest absolute Gasteiger partial charge is 0.419 e. The van der Waals surface area contributed by atoms with E-state index < -0.39 is 40.1 Å². The molecule has 1 atom stereocenters. The molecule has 2 aromatic rings. The molecule has 0 spiro atoms. The number of oxazole rings is 1. The van der Waals surface area contributed by atoms with Crippen molar-refractivity contribution in [3.63, 3.8) is 0 Å². The van der Waals surface area contributed by atoms with Crippen molar-refractivity contribution >= 4 is 32.8 Å². The van der Waals surface area contributed by atoms with E-state index in [1.165, 1.54) is 16.5 Å². The van der Waals surface area contributed by atoms with Gasteiger partial charge in [0, 0.05) is 19.6 Å². The molecule has 0 N–H and O–H groups in total. The molecule has 0 saturated carbocycles. The molecule has 146 valence electrons. The van der Waals surface area contributed by atoms with Crippen molar-refractivity contribution in [2.45, 2.75) is 25.4 Å². The van der Waals surface area contributed by atoms with Crippen LogP contribution >= 0.6 is 0 Å². The quantitative estimate of drug-likeness (QED) is 0.639. The maximum atomic E-state index is 12.1. The molecule has 3 rings (SSSR count). The molecule has 2 heterocycles. The largest absolute Gasteiger partial charge is 0.456 e. The van der Waals surface area contributed by atoms with Crippen LogP contribution in [0.1, 0.15) is 12.8 Å². The minimum atomic E-state index is -3.10. The van der Waals surface area contributed by atoms with E-state index in [0.717, 1.165) is 0 Å². The molecule has 9 nitrogen and oxygen atoms in total. The summed E-state index contributed by atoms with van der Waals surface area (Å²) in [6.45, 7) is -0.396. The van der Waals surface area contributed by atoms with Crippen LogP contribution in [0.25, 0.3) is 11.1 Å². The first-order chi connectivity index (χ1) is 12.8. The molecule has 1 aliphatic heterocycles. The number of likely N-dealkylation sites (N-methyl/N-ethyl adjacent to an activating group) is 1. The number of fused-ring (bicyclic) bond motifs is 1. The summed E-state index contributed by atoms with van der Waals surface area (Å²) in [6, 6.07) is 6.46. The summed E-state index contributed by atoms with van der Waals surface area (Å²) in [4.78, 5) is 37.1. The summed E-state index contributed by atoms with van der Waals surface area (Å²) in [7, 11) is -1.61. The molecule has 1 amide bonds. The summed E-state index contributed by atoms with van der Waals surface area (Å²) in [5, 5.41) is 0. The number of carbonyl (C=O) groups excluding carboxylic acids is 2. The highest BCUT2D eigenvalue weighted by molar-refractivity contribution is 7.91. The third-order valence-electron chi connectivity index (χ3n) is 4.62. The maximum Gasteiger partial charge on any atom is 0.419 e. The number of hydrogen-bond acceptors (Lipinski definition) is 7. The Balaban J connectivity index is 1.50. The number of aromatic nitrogens is 1. The Morgan fingerprint density at radius 1 is 1.33 bits per heavy atom. The summed E-state index contributed by atoms with van der Waals surface area (Å²) in [5.74, 6) is -1.67. The summed E-state index contributed by atoms with van der Waals surface area (Å²) >= 11 is 0.